The van der Waals surface area contributed by atoms with Gasteiger partial charge in [-0.05, 0) is 33.2 Å². The summed E-state index contributed by atoms with van der Waals surface area (Å²) in [5.41, 5.74) is 3.05. The summed E-state index contributed by atoms with van der Waals surface area (Å²) in [6.07, 6.45) is 0. The third kappa shape index (κ3) is 4.64. The molecular weight excluding hydrogens is 473 g/mol. The van der Waals surface area contributed by atoms with Crippen molar-refractivity contribution in [2.75, 3.05) is 0 Å². The zero-order chi connectivity index (χ0) is 27.0. The van der Waals surface area contributed by atoms with Crippen molar-refractivity contribution >= 4 is 38.2 Å². The van der Waals surface area contributed by atoms with Gasteiger partial charge in [-0.25, -0.2) is 0 Å². The average molecular weight is 523 g/mol. The molecular formula is C32H50O2Si2. The van der Waals surface area contributed by atoms with E-state index in [4.69, 9.17) is 8.85 Å². The van der Waals surface area contributed by atoms with E-state index in [9.17, 15) is 0 Å². The normalized spacial score (nSPS) is 13.4. The van der Waals surface area contributed by atoms with E-state index in [0.29, 0.717) is 33.2 Å². The van der Waals surface area contributed by atoms with E-state index in [-0.39, 0.29) is 0 Å². The Balaban J connectivity index is 2.42. The Morgan fingerprint density at radius 2 is 0.583 bits per heavy atom. The molecule has 0 fully saturated rings. The zero-order valence-electron chi connectivity index (χ0n) is 24.9. The van der Waals surface area contributed by atoms with E-state index < -0.39 is 16.6 Å². The molecule has 0 saturated heterocycles. The highest BCUT2D eigenvalue weighted by Crippen LogP contribution is 2.51. The largest absolute Gasteiger partial charge is 0.542 e. The molecule has 0 aromatic heterocycles. The molecule has 0 aliphatic rings. The van der Waals surface area contributed by atoms with Gasteiger partial charge in [-0.15, -0.1) is 0 Å². The Bertz CT molecular complexity index is 985. The Morgan fingerprint density at radius 3 is 0.750 bits per heavy atom. The molecule has 0 spiro atoms. The number of benzene rings is 3. The summed E-state index contributed by atoms with van der Waals surface area (Å²) in [6.45, 7) is 28.4. The first kappa shape index (κ1) is 28.8. The van der Waals surface area contributed by atoms with Crippen molar-refractivity contribution in [1.29, 1.82) is 0 Å². The molecule has 3 aromatic rings. The molecule has 0 atom stereocenters. The topological polar surface area (TPSA) is 18.5 Å². The molecule has 3 rings (SSSR count). The molecule has 0 amide bonds. The second-order valence-electron chi connectivity index (χ2n) is 12.6. The number of hydrogen-bond acceptors (Lipinski definition) is 2. The van der Waals surface area contributed by atoms with Gasteiger partial charge in [0.25, 0.3) is 16.6 Å². The van der Waals surface area contributed by atoms with Crippen molar-refractivity contribution in [3.05, 3.63) is 48.5 Å². The fraction of sp³-hybridized carbons (Fsp3) is 0.562. The Labute approximate surface area is 223 Å². The van der Waals surface area contributed by atoms with Gasteiger partial charge in [0, 0.05) is 21.5 Å². The lowest BCUT2D eigenvalue weighted by atomic mass is 10.0. The van der Waals surface area contributed by atoms with Gasteiger partial charge in [0.2, 0.25) is 0 Å². The quantitative estimate of drug-likeness (QED) is 0.195. The maximum atomic E-state index is 7.44. The van der Waals surface area contributed by atoms with Crippen LogP contribution >= 0.6 is 0 Å². The maximum Gasteiger partial charge on any atom is 0.258 e. The van der Waals surface area contributed by atoms with Crippen LogP contribution < -0.4 is 8.85 Å². The van der Waals surface area contributed by atoms with Crippen molar-refractivity contribution < 1.29 is 8.85 Å². The molecule has 198 valence electrons. The summed E-state index contributed by atoms with van der Waals surface area (Å²) in [7, 11) is -4.31. The SMILES string of the molecule is CC(C)[Si](Oc1c2ccccc2c(O[Si](C(C)C)(C(C)C)C(C)C)c2ccccc12)(C(C)C)C(C)C. The summed E-state index contributed by atoms with van der Waals surface area (Å²) in [5.74, 6) is 2.12. The smallest absolute Gasteiger partial charge is 0.258 e. The second-order valence-corrected chi connectivity index (χ2v) is 23.3. The van der Waals surface area contributed by atoms with Gasteiger partial charge in [-0.1, -0.05) is 132 Å². The van der Waals surface area contributed by atoms with Crippen LogP contribution in [0.1, 0.15) is 83.1 Å². The molecule has 0 aliphatic heterocycles. The van der Waals surface area contributed by atoms with Crippen LogP contribution in [0.25, 0.3) is 21.5 Å². The van der Waals surface area contributed by atoms with E-state index in [1.54, 1.807) is 0 Å². The lowest BCUT2D eigenvalue weighted by Gasteiger charge is -2.44. The van der Waals surface area contributed by atoms with Crippen LogP contribution in [0.2, 0.25) is 33.2 Å². The van der Waals surface area contributed by atoms with Crippen LogP contribution in [0.4, 0.5) is 0 Å². The third-order valence-corrected chi connectivity index (χ3v) is 20.7. The number of rotatable bonds is 10. The van der Waals surface area contributed by atoms with Crippen LogP contribution in [0.5, 0.6) is 11.5 Å². The standard InChI is InChI=1S/C32H50O2Si2/c1-21(2)35(22(3)4,23(5)6)33-31-27-17-13-15-19-29(27)32(30-20-16-14-18-28(30)31)34-36(24(7)8,25(9)10)26(11)12/h13-26H,1-12H3. The van der Waals surface area contributed by atoms with Gasteiger partial charge in [0.1, 0.15) is 11.5 Å². The fourth-order valence-corrected chi connectivity index (χ4v) is 17.9. The first-order valence-corrected chi connectivity index (χ1v) is 18.4. The van der Waals surface area contributed by atoms with Crippen LogP contribution in [-0.4, -0.2) is 16.6 Å². The van der Waals surface area contributed by atoms with Gasteiger partial charge < -0.3 is 8.85 Å². The summed E-state index contributed by atoms with van der Waals surface area (Å²) in [6, 6.07) is 17.6. The molecule has 36 heavy (non-hydrogen) atoms. The molecule has 2 nitrogen and oxygen atoms in total. The lowest BCUT2D eigenvalue weighted by Crippen LogP contribution is -2.51. The Morgan fingerprint density at radius 1 is 0.389 bits per heavy atom. The molecule has 4 heteroatoms. The van der Waals surface area contributed by atoms with Crippen LogP contribution in [0.3, 0.4) is 0 Å². The monoisotopic (exact) mass is 522 g/mol. The van der Waals surface area contributed by atoms with Crippen LogP contribution in [0.15, 0.2) is 48.5 Å². The zero-order valence-corrected chi connectivity index (χ0v) is 26.9. The lowest BCUT2D eigenvalue weighted by molar-refractivity contribution is 0.482. The summed E-state index contributed by atoms with van der Waals surface area (Å²) < 4.78 is 14.9. The van der Waals surface area contributed by atoms with Gasteiger partial charge in [-0.2, -0.15) is 0 Å². The highest BCUT2D eigenvalue weighted by Gasteiger charge is 2.49. The van der Waals surface area contributed by atoms with Crippen LogP contribution in [-0.2, 0) is 0 Å². The van der Waals surface area contributed by atoms with Crippen molar-refractivity contribution in [1.82, 2.24) is 0 Å². The fourth-order valence-electron chi connectivity index (χ4n) is 7.33. The van der Waals surface area contributed by atoms with Crippen molar-refractivity contribution in [3.63, 3.8) is 0 Å². The predicted octanol–water partition coefficient (Wildman–Crippen LogP) is 11.1. The van der Waals surface area contributed by atoms with Gasteiger partial charge in [0.15, 0.2) is 0 Å². The molecule has 0 heterocycles. The first-order chi connectivity index (χ1) is 16.8. The van der Waals surface area contributed by atoms with Crippen LogP contribution in [0, 0.1) is 0 Å². The molecule has 0 bridgehead atoms. The minimum Gasteiger partial charge on any atom is -0.542 e. The first-order valence-electron chi connectivity index (χ1n) is 14.1. The molecule has 0 unspecified atom stereocenters. The second kappa shape index (κ2) is 10.9. The Hall–Kier alpha value is -1.79. The average Bonchev–Trinajstić information content (AvgIpc) is 2.79. The molecule has 0 aliphatic carbocycles. The molecule has 0 N–H and O–H groups in total. The summed E-state index contributed by atoms with van der Waals surface area (Å²) >= 11 is 0. The summed E-state index contributed by atoms with van der Waals surface area (Å²) in [5, 5.41) is 4.74. The van der Waals surface area contributed by atoms with E-state index in [1.807, 2.05) is 0 Å². The van der Waals surface area contributed by atoms with E-state index >= 15 is 0 Å². The molecule has 3 aromatic carbocycles. The minimum absolute atomic E-state index is 0.508. The maximum absolute atomic E-state index is 7.44. The van der Waals surface area contributed by atoms with E-state index in [2.05, 4.69) is 132 Å². The molecule has 0 radical (unpaired) electrons. The van der Waals surface area contributed by atoms with E-state index in [1.165, 1.54) is 21.5 Å². The predicted molar refractivity (Wildman–Crippen MR) is 165 cm³/mol. The highest BCUT2D eigenvalue weighted by atomic mass is 28.4. The van der Waals surface area contributed by atoms with Crippen molar-refractivity contribution in [2.24, 2.45) is 0 Å². The van der Waals surface area contributed by atoms with Gasteiger partial charge in [0.05, 0.1) is 0 Å². The van der Waals surface area contributed by atoms with Gasteiger partial charge in [-0.3, -0.25) is 0 Å². The van der Waals surface area contributed by atoms with Crippen molar-refractivity contribution in [3.8, 4) is 11.5 Å². The molecule has 0 saturated carbocycles. The summed E-state index contributed by atoms with van der Waals surface area (Å²) in [4.78, 5) is 0. The number of hydrogen-bond donors (Lipinski definition) is 0. The minimum atomic E-state index is -2.15. The van der Waals surface area contributed by atoms with Crippen molar-refractivity contribution in [2.45, 2.75) is 116 Å². The van der Waals surface area contributed by atoms with E-state index in [0.717, 1.165) is 11.5 Å². The highest BCUT2D eigenvalue weighted by molar-refractivity contribution is 6.79. The third-order valence-electron chi connectivity index (χ3n) is 8.80. The number of fused-ring (bicyclic) bond motifs is 2. The Kier molecular flexibility index (Phi) is 8.72. The van der Waals surface area contributed by atoms with Gasteiger partial charge >= 0.3 is 0 Å².